The van der Waals surface area contributed by atoms with E-state index in [1.807, 2.05) is 25.1 Å². The maximum absolute atomic E-state index is 12.2. The van der Waals surface area contributed by atoms with Gasteiger partial charge in [0.2, 0.25) is 6.79 Å². The summed E-state index contributed by atoms with van der Waals surface area (Å²) in [5.41, 5.74) is 3.45. The molecule has 2 amide bonds. The highest BCUT2D eigenvalue weighted by atomic mass is 79.9. The summed E-state index contributed by atoms with van der Waals surface area (Å²) in [5.74, 6) is 0.879. The molecule has 28 heavy (non-hydrogen) atoms. The highest BCUT2D eigenvalue weighted by molar-refractivity contribution is 9.10. The zero-order chi connectivity index (χ0) is 19.9. The average molecular weight is 448 g/mol. The summed E-state index contributed by atoms with van der Waals surface area (Å²) in [4.78, 5) is 24.1. The third-order valence-corrected chi connectivity index (χ3v) is 4.20. The van der Waals surface area contributed by atoms with E-state index in [9.17, 15) is 9.59 Å². The van der Waals surface area contributed by atoms with Crippen molar-refractivity contribution in [1.29, 1.82) is 0 Å². The van der Waals surface area contributed by atoms with Crippen molar-refractivity contribution in [1.82, 2.24) is 10.7 Å². The second-order valence-corrected chi connectivity index (χ2v) is 6.57. The van der Waals surface area contributed by atoms with Crippen molar-refractivity contribution in [2.75, 3.05) is 19.9 Å². The predicted octanol–water partition coefficient (Wildman–Crippen LogP) is 2.46. The molecule has 0 aliphatic carbocycles. The number of fused-ring (bicyclic) bond motifs is 1. The molecule has 8 nitrogen and oxygen atoms in total. The van der Waals surface area contributed by atoms with E-state index >= 15 is 0 Å². The minimum absolute atomic E-state index is 0.129. The van der Waals surface area contributed by atoms with Crippen molar-refractivity contribution in [3.63, 3.8) is 0 Å². The second kappa shape index (κ2) is 9.23. The van der Waals surface area contributed by atoms with E-state index in [1.54, 1.807) is 18.2 Å². The second-order valence-electron chi connectivity index (χ2n) is 5.66. The fourth-order valence-electron chi connectivity index (χ4n) is 2.42. The summed E-state index contributed by atoms with van der Waals surface area (Å²) in [6.45, 7) is 2.31. The molecule has 0 spiro atoms. The van der Waals surface area contributed by atoms with Gasteiger partial charge in [-0.15, -0.1) is 0 Å². The molecule has 9 heteroatoms. The van der Waals surface area contributed by atoms with Crippen LogP contribution in [0.3, 0.4) is 0 Å². The van der Waals surface area contributed by atoms with Crippen LogP contribution in [0.4, 0.5) is 0 Å². The monoisotopic (exact) mass is 447 g/mol. The molecule has 0 saturated carbocycles. The zero-order valence-corrected chi connectivity index (χ0v) is 16.6. The fourth-order valence-corrected chi connectivity index (χ4v) is 2.80. The topological polar surface area (TPSA) is 98.2 Å². The van der Waals surface area contributed by atoms with Crippen LogP contribution in [-0.4, -0.2) is 38.0 Å². The maximum atomic E-state index is 12.2. The highest BCUT2D eigenvalue weighted by Gasteiger charge is 2.16. The first kappa shape index (κ1) is 19.7. The Labute approximate surface area is 170 Å². The normalized spacial score (nSPS) is 12.1. The highest BCUT2D eigenvalue weighted by Crippen LogP contribution is 2.32. The van der Waals surface area contributed by atoms with Crippen molar-refractivity contribution in [3.05, 3.63) is 52.0 Å². The first-order valence-corrected chi connectivity index (χ1v) is 9.28. The number of nitrogens with zero attached hydrogens (tertiary/aromatic N) is 1. The van der Waals surface area contributed by atoms with Gasteiger partial charge in [-0.1, -0.05) is 15.9 Å². The molecule has 2 aromatic carbocycles. The van der Waals surface area contributed by atoms with Gasteiger partial charge < -0.3 is 19.5 Å². The van der Waals surface area contributed by atoms with Gasteiger partial charge in [0.1, 0.15) is 5.75 Å². The number of hydrazone groups is 1. The smallest absolute Gasteiger partial charge is 0.259 e. The van der Waals surface area contributed by atoms with E-state index in [-0.39, 0.29) is 13.3 Å². The van der Waals surface area contributed by atoms with Crippen molar-refractivity contribution in [2.45, 2.75) is 6.92 Å². The summed E-state index contributed by atoms with van der Waals surface area (Å²) in [7, 11) is 0. The Balaban J connectivity index is 1.51. The van der Waals surface area contributed by atoms with Crippen LogP contribution >= 0.6 is 15.9 Å². The molecule has 1 aliphatic rings. The quantitative estimate of drug-likeness (QED) is 0.501. The van der Waals surface area contributed by atoms with Gasteiger partial charge in [-0.05, 0) is 43.3 Å². The summed E-state index contributed by atoms with van der Waals surface area (Å²) < 4.78 is 16.8. The SMILES string of the molecule is CCOc1ccc(Br)cc1/C=N/NC(=O)CNC(=O)c1ccc2c(c1)OCO2. The Bertz CT molecular complexity index is 916. The van der Waals surface area contributed by atoms with Gasteiger partial charge in [-0.3, -0.25) is 9.59 Å². The number of amides is 2. The number of rotatable bonds is 7. The van der Waals surface area contributed by atoms with Crippen LogP contribution in [0.1, 0.15) is 22.8 Å². The van der Waals surface area contributed by atoms with Gasteiger partial charge >= 0.3 is 0 Å². The molecule has 0 unspecified atom stereocenters. The van der Waals surface area contributed by atoms with E-state index in [4.69, 9.17) is 14.2 Å². The fraction of sp³-hybridized carbons (Fsp3) is 0.211. The van der Waals surface area contributed by atoms with Gasteiger partial charge in [-0.25, -0.2) is 5.43 Å². The predicted molar refractivity (Wildman–Crippen MR) is 106 cm³/mol. The maximum Gasteiger partial charge on any atom is 0.259 e. The van der Waals surface area contributed by atoms with Crippen LogP contribution in [-0.2, 0) is 4.79 Å². The van der Waals surface area contributed by atoms with E-state index in [0.29, 0.717) is 35.0 Å². The van der Waals surface area contributed by atoms with Crippen LogP contribution in [0.25, 0.3) is 0 Å². The van der Waals surface area contributed by atoms with Crippen LogP contribution in [0, 0.1) is 0 Å². The van der Waals surface area contributed by atoms with Crippen LogP contribution in [0.2, 0.25) is 0 Å². The minimum atomic E-state index is -0.460. The zero-order valence-electron chi connectivity index (χ0n) is 15.0. The lowest BCUT2D eigenvalue weighted by Crippen LogP contribution is -2.34. The molecule has 146 valence electrons. The van der Waals surface area contributed by atoms with Gasteiger partial charge in [-0.2, -0.15) is 5.10 Å². The van der Waals surface area contributed by atoms with Crippen molar-refractivity contribution in [3.8, 4) is 17.2 Å². The standard InChI is InChI=1S/C19H18BrN3O5/c1-2-26-15-6-4-14(20)7-13(15)9-22-23-18(24)10-21-19(25)12-3-5-16-17(8-12)28-11-27-16/h3-9H,2,10-11H2,1H3,(H,21,25)(H,23,24)/b22-9+. The van der Waals surface area contributed by atoms with Crippen LogP contribution in [0.5, 0.6) is 17.2 Å². The number of halogens is 1. The minimum Gasteiger partial charge on any atom is -0.493 e. The summed E-state index contributed by atoms with van der Waals surface area (Å²) >= 11 is 3.38. The summed E-state index contributed by atoms with van der Waals surface area (Å²) in [6.07, 6.45) is 1.48. The number of carbonyl (C=O) groups excluding carboxylic acids is 2. The molecule has 0 aromatic heterocycles. The number of ether oxygens (including phenoxy) is 3. The number of hydrogen-bond acceptors (Lipinski definition) is 6. The molecule has 2 N–H and O–H groups in total. The number of benzene rings is 2. The molecule has 1 aliphatic heterocycles. The Kier molecular flexibility index (Phi) is 6.49. The molecular formula is C19H18BrN3O5. The van der Waals surface area contributed by atoms with E-state index in [0.717, 1.165) is 4.47 Å². The van der Waals surface area contributed by atoms with Crippen LogP contribution in [0.15, 0.2) is 46.0 Å². The largest absolute Gasteiger partial charge is 0.493 e. The molecular weight excluding hydrogens is 430 g/mol. The third-order valence-electron chi connectivity index (χ3n) is 3.71. The van der Waals surface area contributed by atoms with Crippen molar-refractivity contribution in [2.24, 2.45) is 5.10 Å². The summed E-state index contributed by atoms with van der Waals surface area (Å²) in [5, 5.41) is 6.44. The van der Waals surface area contributed by atoms with Crippen molar-refractivity contribution < 1.29 is 23.8 Å². The molecule has 3 rings (SSSR count). The van der Waals surface area contributed by atoms with Gasteiger partial charge in [0.05, 0.1) is 19.4 Å². The van der Waals surface area contributed by atoms with E-state index < -0.39 is 11.8 Å². The molecule has 0 bridgehead atoms. The molecule has 0 fully saturated rings. The van der Waals surface area contributed by atoms with Gasteiger partial charge in [0.15, 0.2) is 11.5 Å². The summed E-state index contributed by atoms with van der Waals surface area (Å²) in [6, 6.07) is 10.3. The Hall–Kier alpha value is -3.07. The number of hydrogen-bond donors (Lipinski definition) is 2. The molecule has 0 radical (unpaired) electrons. The van der Waals surface area contributed by atoms with Crippen molar-refractivity contribution >= 4 is 34.0 Å². The number of carbonyl (C=O) groups is 2. The average Bonchev–Trinajstić information content (AvgIpc) is 3.16. The lowest BCUT2D eigenvalue weighted by molar-refractivity contribution is -0.120. The van der Waals surface area contributed by atoms with Gasteiger partial charge in [0, 0.05) is 15.6 Å². The van der Waals surface area contributed by atoms with E-state index in [1.165, 1.54) is 6.21 Å². The lowest BCUT2D eigenvalue weighted by Gasteiger charge is -2.07. The van der Waals surface area contributed by atoms with Crippen LogP contribution < -0.4 is 25.0 Å². The Morgan fingerprint density at radius 3 is 2.86 bits per heavy atom. The molecule has 2 aromatic rings. The molecule has 1 heterocycles. The molecule has 0 atom stereocenters. The van der Waals surface area contributed by atoms with E-state index in [2.05, 4.69) is 31.8 Å². The number of nitrogens with one attached hydrogen (secondary N) is 2. The Morgan fingerprint density at radius 1 is 1.21 bits per heavy atom. The Morgan fingerprint density at radius 2 is 2.04 bits per heavy atom. The molecule has 0 saturated heterocycles. The first-order valence-electron chi connectivity index (χ1n) is 8.49. The first-order chi connectivity index (χ1) is 13.6. The third kappa shape index (κ3) is 5.01. The van der Waals surface area contributed by atoms with Gasteiger partial charge in [0.25, 0.3) is 11.8 Å². The lowest BCUT2D eigenvalue weighted by atomic mass is 10.2.